The van der Waals surface area contributed by atoms with Crippen LogP contribution in [0.5, 0.6) is 0 Å². The molecular weight excluding hydrogens is 204 g/mol. The third-order valence-corrected chi connectivity index (χ3v) is 2.20. The zero-order valence-corrected chi connectivity index (χ0v) is 9.27. The summed E-state index contributed by atoms with van der Waals surface area (Å²) < 4.78 is 0. The van der Waals surface area contributed by atoms with Crippen molar-refractivity contribution in [2.24, 2.45) is 11.7 Å². The Balaban J connectivity index is 2.94. The van der Waals surface area contributed by atoms with E-state index in [0.29, 0.717) is 5.69 Å². The number of hydrogen-bond donors (Lipinski definition) is 2. The van der Waals surface area contributed by atoms with Gasteiger partial charge in [-0.1, -0.05) is 13.8 Å². The summed E-state index contributed by atoms with van der Waals surface area (Å²) in [6, 6.07) is 4.84. The van der Waals surface area contributed by atoms with Crippen LogP contribution in [0.4, 0.5) is 5.69 Å². The number of amides is 1. The van der Waals surface area contributed by atoms with Crippen molar-refractivity contribution in [1.82, 2.24) is 4.98 Å². The zero-order valence-electron chi connectivity index (χ0n) is 9.27. The molecule has 1 aromatic heterocycles. The zero-order chi connectivity index (χ0) is 12.1. The maximum absolute atomic E-state index is 11.2. The fraction of sp³-hybridized carbons (Fsp3) is 0.364. The summed E-state index contributed by atoms with van der Waals surface area (Å²) in [5, 5.41) is 11.8. The lowest BCUT2D eigenvalue weighted by molar-refractivity contribution is -0.119. The molecule has 0 bridgehead atoms. The lowest BCUT2D eigenvalue weighted by atomic mass is 10.0. The van der Waals surface area contributed by atoms with E-state index in [0.717, 1.165) is 0 Å². The summed E-state index contributed by atoms with van der Waals surface area (Å²) in [6.45, 7) is 3.76. The number of hydrogen-bond acceptors (Lipinski definition) is 4. The first kappa shape index (κ1) is 12.0. The number of nitrogens with zero attached hydrogens (tertiary/aromatic N) is 2. The van der Waals surface area contributed by atoms with E-state index in [1.807, 2.05) is 19.9 Å². The predicted molar refractivity (Wildman–Crippen MR) is 60.4 cm³/mol. The molecule has 1 heterocycles. The molecule has 0 aliphatic heterocycles. The van der Waals surface area contributed by atoms with Crippen LogP contribution in [0.25, 0.3) is 0 Å². The van der Waals surface area contributed by atoms with Crippen molar-refractivity contribution >= 4 is 11.6 Å². The van der Waals surface area contributed by atoms with E-state index in [1.54, 1.807) is 12.1 Å². The Bertz CT molecular complexity index is 422. The first-order chi connectivity index (χ1) is 7.56. The average Bonchev–Trinajstić information content (AvgIpc) is 2.25. The Morgan fingerprint density at radius 3 is 2.81 bits per heavy atom. The molecule has 3 N–H and O–H groups in total. The van der Waals surface area contributed by atoms with Crippen LogP contribution in [-0.4, -0.2) is 16.9 Å². The molecule has 84 valence electrons. The lowest BCUT2D eigenvalue weighted by Crippen LogP contribution is -2.39. The van der Waals surface area contributed by atoms with Crippen LogP contribution in [-0.2, 0) is 4.79 Å². The minimum Gasteiger partial charge on any atom is -0.371 e. The molecule has 16 heavy (non-hydrogen) atoms. The number of anilines is 1. The largest absolute Gasteiger partial charge is 0.371 e. The van der Waals surface area contributed by atoms with Gasteiger partial charge >= 0.3 is 0 Å². The maximum Gasteiger partial charge on any atom is 0.240 e. The smallest absolute Gasteiger partial charge is 0.240 e. The van der Waals surface area contributed by atoms with Crippen molar-refractivity contribution in [3.63, 3.8) is 0 Å². The fourth-order valence-corrected chi connectivity index (χ4v) is 1.34. The number of pyridine rings is 1. The van der Waals surface area contributed by atoms with Gasteiger partial charge in [0.15, 0.2) is 5.69 Å². The summed E-state index contributed by atoms with van der Waals surface area (Å²) in [5.41, 5.74) is 6.06. The predicted octanol–water partition coefficient (Wildman–Crippen LogP) is 0.875. The molecule has 5 heteroatoms. The van der Waals surface area contributed by atoms with E-state index in [-0.39, 0.29) is 11.6 Å². The minimum atomic E-state index is -0.503. The van der Waals surface area contributed by atoms with Gasteiger partial charge in [-0.15, -0.1) is 0 Å². The lowest BCUT2D eigenvalue weighted by Gasteiger charge is -2.20. The van der Waals surface area contributed by atoms with Crippen molar-refractivity contribution in [2.75, 3.05) is 5.32 Å². The molecular formula is C11H14N4O. The van der Waals surface area contributed by atoms with Gasteiger partial charge < -0.3 is 11.1 Å². The molecule has 0 fully saturated rings. The van der Waals surface area contributed by atoms with Crippen molar-refractivity contribution < 1.29 is 4.79 Å². The van der Waals surface area contributed by atoms with E-state index >= 15 is 0 Å². The number of carbonyl (C=O) groups is 1. The second-order valence-electron chi connectivity index (χ2n) is 3.78. The highest BCUT2D eigenvalue weighted by molar-refractivity contribution is 5.83. The molecule has 5 nitrogen and oxygen atoms in total. The van der Waals surface area contributed by atoms with E-state index in [1.165, 1.54) is 6.20 Å². The van der Waals surface area contributed by atoms with Gasteiger partial charge in [0, 0.05) is 6.20 Å². The number of nitrogens with one attached hydrogen (secondary N) is 1. The van der Waals surface area contributed by atoms with Crippen LogP contribution in [0.2, 0.25) is 0 Å². The Kier molecular flexibility index (Phi) is 3.84. The number of aromatic nitrogens is 1. The van der Waals surface area contributed by atoms with Crippen molar-refractivity contribution in [1.29, 1.82) is 5.26 Å². The number of rotatable bonds is 4. The normalized spacial score (nSPS) is 11.9. The Hall–Kier alpha value is -2.09. The number of nitriles is 1. The summed E-state index contributed by atoms with van der Waals surface area (Å²) in [5.74, 6) is -0.396. The molecule has 0 saturated carbocycles. The molecule has 1 atom stereocenters. The van der Waals surface area contributed by atoms with E-state index in [4.69, 9.17) is 11.0 Å². The quantitative estimate of drug-likeness (QED) is 0.784. The Morgan fingerprint density at radius 2 is 2.31 bits per heavy atom. The third kappa shape index (κ3) is 2.70. The van der Waals surface area contributed by atoms with Crippen molar-refractivity contribution in [2.45, 2.75) is 19.9 Å². The Morgan fingerprint density at radius 1 is 1.62 bits per heavy atom. The molecule has 0 radical (unpaired) electrons. The number of nitrogens with two attached hydrogens (primary N) is 1. The topological polar surface area (TPSA) is 91.8 Å². The molecule has 0 aromatic carbocycles. The average molecular weight is 218 g/mol. The van der Waals surface area contributed by atoms with Crippen LogP contribution in [0, 0.1) is 17.2 Å². The molecule has 1 unspecified atom stereocenters. The van der Waals surface area contributed by atoms with E-state index < -0.39 is 11.9 Å². The van der Waals surface area contributed by atoms with Crippen molar-refractivity contribution in [3.8, 4) is 6.07 Å². The molecule has 0 aliphatic carbocycles. The van der Waals surface area contributed by atoms with Crippen LogP contribution >= 0.6 is 0 Å². The molecule has 0 saturated heterocycles. The molecule has 0 spiro atoms. The SMILES string of the molecule is CC(C)C(Nc1cccnc1C#N)C(N)=O. The maximum atomic E-state index is 11.2. The third-order valence-electron chi connectivity index (χ3n) is 2.20. The highest BCUT2D eigenvalue weighted by Crippen LogP contribution is 2.15. The summed E-state index contributed by atoms with van der Waals surface area (Å²) in [6.07, 6.45) is 1.53. The first-order valence-corrected chi connectivity index (χ1v) is 4.97. The minimum absolute atomic E-state index is 0.0456. The van der Waals surface area contributed by atoms with Crippen LogP contribution in [0.1, 0.15) is 19.5 Å². The van der Waals surface area contributed by atoms with E-state index in [2.05, 4.69) is 10.3 Å². The second-order valence-corrected chi connectivity index (χ2v) is 3.78. The molecule has 0 aliphatic rings. The highest BCUT2D eigenvalue weighted by atomic mass is 16.1. The summed E-state index contributed by atoms with van der Waals surface area (Å²) in [4.78, 5) is 15.1. The van der Waals surface area contributed by atoms with Crippen LogP contribution < -0.4 is 11.1 Å². The fourth-order valence-electron chi connectivity index (χ4n) is 1.34. The van der Waals surface area contributed by atoms with Gasteiger partial charge in [-0.25, -0.2) is 4.98 Å². The first-order valence-electron chi connectivity index (χ1n) is 4.97. The Labute approximate surface area is 94.3 Å². The van der Waals surface area contributed by atoms with Gasteiger partial charge in [0.05, 0.1) is 5.69 Å². The van der Waals surface area contributed by atoms with Gasteiger partial charge in [-0.2, -0.15) is 5.26 Å². The summed E-state index contributed by atoms with van der Waals surface area (Å²) in [7, 11) is 0. The van der Waals surface area contributed by atoms with Crippen molar-refractivity contribution in [3.05, 3.63) is 24.0 Å². The van der Waals surface area contributed by atoms with Crippen LogP contribution in [0.3, 0.4) is 0 Å². The van der Waals surface area contributed by atoms with Gasteiger partial charge in [-0.05, 0) is 18.1 Å². The van der Waals surface area contributed by atoms with Crippen LogP contribution in [0.15, 0.2) is 18.3 Å². The van der Waals surface area contributed by atoms with E-state index in [9.17, 15) is 4.79 Å². The number of carbonyl (C=O) groups excluding carboxylic acids is 1. The van der Waals surface area contributed by atoms with Gasteiger partial charge in [0.25, 0.3) is 0 Å². The number of primary amides is 1. The standard InChI is InChI=1S/C11H14N4O/c1-7(2)10(11(13)16)15-8-4-3-5-14-9(8)6-12/h3-5,7,10,15H,1-2H3,(H2,13,16). The highest BCUT2D eigenvalue weighted by Gasteiger charge is 2.20. The monoisotopic (exact) mass is 218 g/mol. The molecule has 1 rings (SSSR count). The molecule has 1 amide bonds. The van der Waals surface area contributed by atoms with Gasteiger partial charge in [0.1, 0.15) is 12.1 Å². The van der Waals surface area contributed by atoms with Gasteiger partial charge in [-0.3, -0.25) is 4.79 Å². The molecule has 1 aromatic rings. The van der Waals surface area contributed by atoms with Gasteiger partial charge in [0.2, 0.25) is 5.91 Å². The second kappa shape index (κ2) is 5.12. The summed E-state index contributed by atoms with van der Waals surface area (Å²) >= 11 is 0.